The van der Waals surface area contributed by atoms with Crippen molar-refractivity contribution in [1.29, 1.82) is 0 Å². The van der Waals surface area contributed by atoms with Crippen molar-refractivity contribution in [3.05, 3.63) is 47.5 Å². The number of rotatable bonds is 24. The van der Waals surface area contributed by atoms with Crippen molar-refractivity contribution in [2.24, 2.45) is 35.1 Å². The number of unbranched alkanes of at least 4 members (excludes halogenated alkanes) is 11. The highest BCUT2D eigenvalue weighted by Crippen LogP contribution is 2.42. The van der Waals surface area contributed by atoms with Gasteiger partial charge in [-0.25, -0.2) is 4.79 Å². The molecule has 66 heavy (non-hydrogen) atoms. The number of likely N-dealkylation sites (N-methyl/N-ethyl adjacent to an activating group) is 1. The van der Waals surface area contributed by atoms with Crippen LogP contribution in [0.25, 0.3) is 11.1 Å². The quantitative estimate of drug-likeness (QED) is 0.0579. The monoisotopic (exact) mass is 919 g/mol. The number of nitrogens with one attached hydrogen (secondary N) is 1. The molecular weight excluding hydrogens is 837 g/mol. The number of phenols is 1. The fourth-order valence-electron chi connectivity index (χ4n) is 9.62. The molecule has 0 radical (unpaired) electrons. The predicted octanol–water partition coefficient (Wildman–Crippen LogP) is 8.89. The van der Waals surface area contributed by atoms with Gasteiger partial charge >= 0.3 is 5.97 Å². The van der Waals surface area contributed by atoms with Gasteiger partial charge < -0.3 is 41.0 Å². The van der Waals surface area contributed by atoms with Crippen LogP contribution >= 0.6 is 0 Å². The van der Waals surface area contributed by atoms with Crippen molar-refractivity contribution in [1.82, 2.24) is 10.2 Å². The molecule has 4 bridgehead atoms. The molecule has 6 N–H and O–H groups in total. The third-order valence-corrected chi connectivity index (χ3v) is 14.1. The number of phenolic OH excluding ortho intramolecular Hbond substituents is 1. The molecule has 0 saturated carbocycles. The number of nitrogens with two attached hydrogens (primary N) is 2. The van der Waals surface area contributed by atoms with Gasteiger partial charge in [0.05, 0.1) is 19.3 Å². The molecule has 1 unspecified atom stereocenters. The van der Waals surface area contributed by atoms with Crippen LogP contribution in [0.4, 0.5) is 0 Å². The number of aromatic hydroxyl groups is 1. The SMILES string of the molecule is CCCCCCCCCCCCCC(=O)C[C@@H](CCCCN)C(=O)N(C)[C@@H]1C(=O)C[C@@H](C)C(=O)N[C@H](C(=O)OC)Cc2ccc(O)c(c2)-c2cc1ccc2OC1O[C@H](CC)[C@@H](C)[C@H](C)[C@H]1N. The number of ketones is 2. The van der Waals surface area contributed by atoms with E-state index >= 15 is 0 Å². The second-order valence-corrected chi connectivity index (χ2v) is 19.2. The summed E-state index contributed by atoms with van der Waals surface area (Å²) in [4.78, 5) is 71.3. The highest BCUT2D eigenvalue weighted by atomic mass is 16.7. The Hall–Kier alpha value is -4.33. The predicted molar refractivity (Wildman–Crippen MR) is 258 cm³/mol. The van der Waals surface area contributed by atoms with E-state index in [1.165, 1.54) is 63.0 Å². The van der Waals surface area contributed by atoms with Gasteiger partial charge in [0, 0.05) is 55.7 Å². The van der Waals surface area contributed by atoms with Crippen LogP contribution in [-0.2, 0) is 39.9 Å². The van der Waals surface area contributed by atoms with Crippen LogP contribution in [0.2, 0.25) is 0 Å². The first kappa shape index (κ1) is 54.3. The zero-order chi connectivity index (χ0) is 48.3. The maximum atomic E-state index is 14.8. The van der Waals surface area contributed by atoms with Gasteiger partial charge in [-0.15, -0.1) is 0 Å². The van der Waals surface area contributed by atoms with Crippen LogP contribution in [0.15, 0.2) is 36.4 Å². The fourth-order valence-corrected chi connectivity index (χ4v) is 9.62. The molecule has 13 heteroatoms. The number of carbonyl (C=O) groups is 5. The molecular formula is C53H82N4O9. The normalized spacial score (nSPS) is 23.9. The molecule has 1 fully saturated rings. The number of hydrogen-bond acceptors (Lipinski definition) is 11. The Labute approximate surface area is 394 Å². The van der Waals surface area contributed by atoms with Gasteiger partial charge in [-0.2, -0.15) is 0 Å². The van der Waals surface area contributed by atoms with E-state index in [-0.39, 0.29) is 54.6 Å². The number of ether oxygens (including phenoxy) is 3. The summed E-state index contributed by atoms with van der Waals surface area (Å²) in [5, 5.41) is 14.3. The zero-order valence-corrected chi connectivity index (χ0v) is 41.1. The number of esters is 1. The first-order chi connectivity index (χ1) is 31.6. The molecule has 9 atom stereocenters. The second-order valence-electron chi connectivity index (χ2n) is 19.2. The smallest absolute Gasteiger partial charge is 0.328 e. The minimum Gasteiger partial charge on any atom is -0.507 e. The summed E-state index contributed by atoms with van der Waals surface area (Å²) in [5.41, 5.74) is 14.4. The summed E-state index contributed by atoms with van der Waals surface area (Å²) in [6.07, 6.45) is 14.7. The van der Waals surface area contributed by atoms with Gasteiger partial charge in [-0.3, -0.25) is 19.2 Å². The topological polar surface area (TPSA) is 201 Å². The number of carbonyl (C=O) groups excluding carboxylic acids is 5. The lowest BCUT2D eigenvalue weighted by Crippen LogP contribution is -2.55. The Bertz CT molecular complexity index is 1890. The molecule has 1 saturated heterocycles. The molecule has 2 aliphatic heterocycles. The van der Waals surface area contributed by atoms with Gasteiger partial charge in [0.1, 0.15) is 29.4 Å². The van der Waals surface area contributed by atoms with Crippen molar-refractivity contribution in [2.75, 3.05) is 20.7 Å². The minimum absolute atomic E-state index is 0.0181. The summed E-state index contributed by atoms with van der Waals surface area (Å²) < 4.78 is 18.1. The van der Waals surface area contributed by atoms with Crippen LogP contribution in [0.1, 0.15) is 167 Å². The molecule has 368 valence electrons. The Balaban J connectivity index is 1.70. The molecule has 0 aromatic heterocycles. The molecule has 2 aliphatic rings. The van der Waals surface area contributed by atoms with Crippen molar-refractivity contribution in [2.45, 2.75) is 187 Å². The number of benzene rings is 2. The van der Waals surface area contributed by atoms with Crippen molar-refractivity contribution < 1.29 is 43.3 Å². The molecule has 2 aromatic rings. The average molecular weight is 919 g/mol. The summed E-state index contributed by atoms with van der Waals surface area (Å²) in [5.74, 6) is -3.05. The molecule has 4 rings (SSSR count). The second kappa shape index (κ2) is 27.5. The summed E-state index contributed by atoms with van der Waals surface area (Å²) in [6.45, 7) is 10.5. The third-order valence-electron chi connectivity index (χ3n) is 14.1. The maximum Gasteiger partial charge on any atom is 0.328 e. The maximum absolute atomic E-state index is 14.8. The Morgan fingerprint density at radius 2 is 1.53 bits per heavy atom. The molecule has 2 amide bonds. The summed E-state index contributed by atoms with van der Waals surface area (Å²) >= 11 is 0. The van der Waals surface area contributed by atoms with E-state index in [0.29, 0.717) is 60.2 Å². The number of fused-ring (bicyclic) bond motifs is 5. The number of amides is 2. The minimum atomic E-state index is -1.19. The molecule has 0 aliphatic carbocycles. The van der Waals surface area contributed by atoms with E-state index in [2.05, 4.69) is 33.0 Å². The van der Waals surface area contributed by atoms with Crippen molar-refractivity contribution >= 4 is 29.4 Å². The number of methoxy groups -OCH3 is 1. The van der Waals surface area contributed by atoms with Gasteiger partial charge in [0.25, 0.3) is 0 Å². The summed E-state index contributed by atoms with van der Waals surface area (Å²) in [7, 11) is 2.81. The standard InChI is InChI=1S/C53H82N4O9/c1-8-10-11-12-13-14-15-16-17-18-19-23-40(58)32-39(22-20-21-28-54)51(62)57(6)49-38-25-27-47(66-53-48(55)36(5)35(4)46(9-2)65-53)42(33-38)41-30-37(24-26-44(41)59)31-43(52(63)64-7)56-50(61)34(3)29-45(49)60/h24-27,30,33-36,39,43,46,48-49,53,59H,8-23,28-29,31-32,54-55H2,1-7H3,(H,56,61)/t34-,35+,36+,39-,43+,46-,48-,49+,53?/m1/s1. The zero-order valence-electron chi connectivity index (χ0n) is 41.1. The lowest BCUT2D eigenvalue weighted by molar-refractivity contribution is -0.192. The van der Waals surface area contributed by atoms with Crippen LogP contribution in [0, 0.1) is 23.7 Å². The molecule has 13 nitrogen and oxygen atoms in total. The Morgan fingerprint density at radius 1 is 0.864 bits per heavy atom. The number of Topliss-reactive ketones (excluding diaryl/α,β-unsaturated/α-hetero) is 2. The first-order valence-electron chi connectivity index (χ1n) is 25.1. The number of nitrogens with zero attached hydrogens (tertiary/aromatic N) is 1. The van der Waals surface area contributed by atoms with Crippen LogP contribution in [0.5, 0.6) is 11.5 Å². The van der Waals surface area contributed by atoms with Crippen LogP contribution in [-0.4, -0.2) is 84.5 Å². The Kier molecular flexibility index (Phi) is 22.6. The van der Waals surface area contributed by atoms with E-state index in [0.717, 1.165) is 32.1 Å². The molecule has 2 aromatic carbocycles. The van der Waals surface area contributed by atoms with Gasteiger partial charge in [0.15, 0.2) is 5.78 Å². The lowest BCUT2D eigenvalue weighted by atomic mass is 9.81. The van der Waals surface area contributed by atoms with E-state index in [1.54, 1.807) is 44.3 Å². The lowest BCUT2D eigenvalue weighted by Gasteiger charge is -2.43. The highest BCUT2D eigenvalue weighted by Gasteiger charge is 2.41. The van der Waals surface area contributed by atoms with Gasteiger partial charge in [-0.1, -0.05) is 117 Å². The average Bonchev–Trinajstić information content (AvgIpc) is 3.30. The van der Waals surface area contributed by atoms with E-state index in [4.69, 9.17) is 25.7 Å². The molecule has 0 spiro atoms. The Morgan fingerprint density at radius 3 is 2.17 bits per heavy atom. The van der Waals surface area contributed by atoms with Gasteiger partial charge in [-0.05, 0) is 79.5 Å². The van der Waals surface area contributed by atoms with E-state index in [1.807, 2.05) is 0 Å². The first-order valence-corrected chi connectivity index (χ1v) is 25.1. The molecule has 2 heterocycles. The highest BCUT2D eigenvalue weighted by molar-refractivity contribution is 5.96. The fraction of sp³-hybridized carbons (Fsp3) is 0.679. The van der Waals surface area contributed by atoms with Gasteiger partial charge in [0.2, 0.25) is 18.1 Å². The number of hydrogen-bond donors (Lipinski definition) is 4. The van der Waals surface area contributed by atoms with Crippen LogP contribution in [0.3, 0.4) is 0 Å². The van der Waals surface area contributed by atoms with Crippen molar-refractivity contribution in [3.63, 3.8) is 0 Å². The largest absolute Gasteiger partial charge is 0.507 e. The summed E-state index contributed by atoms with van der Waals surface area (Å²) in [6, 6.07) is 7.25. The van der Waals surface area contributed by atoms with Crippen LogP contribution < -0.4 is 21.5 Å². The third kappa shape index (κ3) is 15.4. The van der Waals surface area contributed by atoms with Crippen molar-refractivity contribution in [3.8, 4) is 22.6 Å². The van der Waals surface area contributed by atoms with E-state index < -0.39 is 53.9 Å². The van der Waals surface area contributed by atoms with E-state index in [9.17, 15) is 29.1 Å².